The number of aryl methyl sites for hydroxylation is 3. The third-order valence-corrected chi connectivity index (χ3v) is 2.83. The molecule has 0 bridgehead atoms. The monoisotopic (exact) mass is 213 g/mol. The van der Waals surface area contributed by atoms with Crippen molar-refractivity contribution in [2.24, 2.45) is 5.73 Å². The minimum Gasteiger partial charge on any atom is -0.385 e. The summed E-state index contributed by atoms with van der Waals surface area (Å²) in [5.41, 5.74) is 12.1. The predicted octanol–water partition coefficient (Wildman–Crippen LogP) is 2.56. The molecule has 0 atom stereocenters. The Hall–Kier alpha value is -1.70. The van der Waals surface area contributed by atoms with Crippen LogP contribution >= 0.6 is 0 Å². The number of hydrogen-bond acceptors (Lipinski definition) is 2. The molecular weight excluding hydrogens is 196 g/mol. The first-order valence-corrected chi connectivity index (χ1v) is 5.44. The van der Waals surface area contributed by atoms with Gasteiger partial charge in [0.2, 0.25) is 0 Å². The zero-order valence-electron chi connectivity index (χ0n) is 9.96. The van der Waals surface area contributed by atoms with Gasteiger partial charge in [-0.3, -0.25) is 0 Å². The zero-order valence-corrected chi connectivity index (χ0v) is 9.96. The SMILES string of the molecule is Cc1cc(C)c(C2=C(N)N[CH]C=C2)c(C)c1. The van der Waals surface area contributed by atoms with E-state index in [1.165, 1.54) is 22.3 Å². The van der Waals surface area contributed by atoms with Crippen molar-refractivity contribution in [1.82, 2.24) is 5.32 Å². The Labute approximate surface area is 96.9 Å². The summed E-state index contributed by atoms with van der Waals surface area (Å²) in [6.07, 6.45) is 4.03. The van der Waals surface area contributed by atoms with Crippen molar-refractivity contribution in [3.05, 3.63) is 58.9 Å². The molecule has 1 aliphatic rings. The van der Waals surface area contributed by atoms with Crippen molar-refractivity contribution in [1.29, 1.82) is 0 Å². The van der Waals surface area contributed by atoms with Crippen LogP contribution in [0.4, 0.5) is 0 Å². The molecule has 83 valence electrons. The average Bonchev–Trinajstić information content (AvgIpc) is 2.19. The van der Waals surface area contributed by atoms with Gasteiger partial charge in [-0.05, 0) is 37.5 Å². The van der Waals surface area contributed by atoms with Gasteiger partial charge in [0.25, 0.3) is 0 Å². The van der Waals surface area contributed by atoms with Crippen molar-refractivity contribution >= 4 is 5.57 Å². The zero-order chi connectivity index (χ0) is 11.7. The summed E-state index contributed by atoms with van der Waals surface area (Å²) in [7, 11) is 0. The number of nitrogens with one attached hydrogen (secondary N) is 1. The Bertz CT molecular complexity index is 459. The molecule has 2 nitrogen and oxygen atoms in total. The van der Waals surface area contributed by atoms with E-state index in [0.717, 1.165) is 11.4 Å². The molecule has 2 rings (SSSR count). The third-order valence-electron chi connectivity index (χ3n) is 2.83. The molecule has 1 aromatic carbocycles. The maximum absolute atomic E-state index is 5.97. The maximum Gasteiger partial charge on any atom is 0.105 e. The number of dihydropyridines is 1. The van der Waals surface area contributed by atoms with Gasteiger partial charge in [-0.1, -0.05) is 29.8 Å². The van der Waals surface area contributed by atoms with E-state index in [1.54, 1.807) is 0 Å². The van der Waals surface area contributed by atoms with E-state index in [1.807, 2.05) is 12.6 Å². The van der Waals surface area contributed by atoms with Gasteiger partial charge in [0.1, 0.15) is 5.82 Å². The highest BCUT2D eigenvalue weighted by atomic mass is 15.0. The molecule has 1 aliphatic heterocycles. The molecule has 16 heavy (non-hydrogen) atoms. The number of rotatable bonds is 1. The molecule has 0 aromatic heterocycles. The Morgan fingerprint density at radius 1 is 1.06 bits per heavy atom. The second kappa shape index (κ2) is 4.05. The van der Waals surface area contributed by atoms with E-state index in [4.69, 9.17) is 5.73 Å². The van der Waals surface area contributed by atoms with Crippen LogP contribution in [0.25, 0.3) is 5.57 Å². The van der Waals surface area contributed by atoms with Gasteiger partial charge in [-0.2, -0.15) is 0 Å². The van der Waals surface area contributed by atoms with Gasteiger partial charge < -0.3 is 11.1 Å². The number of benzene rings is 1. The maximum atomic E-state index is 5.97. The number of hydrogen-bond donors (Lipinski definition) is 2. The largest absolute Gasteiger partial charge is 0.385 e. The molecule has 0 spiro atoms. The van der Waals surface area contributed by atoms with E-state index < -0.39 is 0 Å². The molecule has 1 radical (unpaired) electrons. The Kier molecular flexibility index (Phi) is 2.73. The predicted molar refractivity (Wildman–Crippen MR) is 68.3 cm³/mol. The fraction of sp³-hybridized carbons (Fsp3) is 0.214. The summed E-state index contributed by atoms with van der Waals surface area (Å²) in [4.78, 5) is 0. The van der Waals surface area contributed by atoms with Crippen LogP contribution < -0.4 is 11.1 Å². The van der Waals surface area contributed by atoms with Gasteiger partial charge in [-0.15, -0.1) is 0 Å². The van der Waals surface area contributed by atoms with Crippen LogP contribution in [0.3, 0.4) is 0 Å². The molecule has 1 heterocycles. The van der Waals surface area contributed by atoms with Crippen molar-refractivity contribution in [2.45, 2.75) is 20.8 Å². The van der Waals surface area contributed by atoms with Crippen molar-refractivity contribution < 1.29 is 0 Å². The lowest BCUT2D eigenvalue weighted by molar-refractivity contribution is 0.966. The minimum absolute atomic E-state index is 0.720. The Morgan fingerprint density at radius 3 is 2.25 bits per heavy atom. The van der Waals surface area contributed by atoms with E-state index >= 15 is 0 Å². The van der Waals surface area contributed by atoms with Gasteiger partial charge in [0, 0.05) is 5.57 Å². The first-order chi connectivity index (χ1) is 7.59. The summed E-state index contributed by atoms with van der Waals surface area (Å²) in [6, 6.07) is 4.38. The fourth-order valence-electron chi connectivity index (χ4n) is 2.27. The highest BCUT2D eigenvalue weighted by molar-refractivity contribution is 5.81. The molecule has 0 unspecified atom stereocenters. The Morgan fingerprint density at radius 2 is 1.69 bits per heavy atom. The van der Waals surface area contributed by atoms with E-state index in [9.17, 15) is 0 Å². The minimum atomic E-state index is 0.720. The van der Waals surface area contributed by atoms with E-state index in [0.29, 0.717) is 0 Å². The molecule has 2 heteroatoms. The van der Waals surface area contributed by atoms with Crippen LogP contribution in [0.5, 0.6) is 0 Å². The molecule has 1 aromatic rings. The van der Waals surface area contributed by atoms with Crippen LogP contribution in [0.2, 0.25) is 0 Å². The van der Waals surface area contributed by atoms with E-state index in [-0.39, 0.29) is 0 Å². The topological polar surface area (TPSA) is 38.0 Å². The second-order valence-corrected chi connectivity index (χ2v) is 4.27. The highest BCUT2D eigenvalue weighted by Gasteiger charge is 2.12. The smallest absolute Gasteiger partial charge is 0.105 e. The van der Waals surface area contributed by atoms with Crippen molar-refractivity contribution in [3.8, 4) is 0 Å². The average molecular weight is 213 g/mol. The lowest BCUT2D eigenvalue weighted by Gasteiger charge is -2.18. The van der Waals surface area contributed by atoms with Crippen molar-refractivity contribution in [2.75, 3.05) is 0 Å². The molecule has 0 saturated carbocycles. The standard InChI is InChI=1S/C14H17N2/c1-9-7-10(2)13(11(3)8-9)12-5-4-6-16-14(12)15/h4-8,16H,15H2,1-3H3. The normalized spacial score (nSPS) is 15.2. The number of nitrogens with two attached hydrogens (primary N) is 1. The quantitative estimate of drug-likeness (QED) is 0.752. The Balaban J connectivity index is 2.60. The highest BCUT2D eigenvalue weighted by Crippen LogP contribution is 2.27. The summed E-state index contributed by atoms with van der Waals surface area (Å²) >= 11 is 0. The van der Waals surface area contributed by atoms with Gasteiger partial charge >= 0.3 is 0 Å². The first-order valence-electron chi connectivity index (χ1n) is 5.44. The summed E-state index contributed by atoms with van der Waals surface area (Å²) < 4.78 is 0. The van der Waals surface area contributed by atoms with Gasteiger partial charge in [-0.25, -0.2) is 0 Å². The summed E-state index contributed by atoms with van der Waals surface area (Å²) in [5.74, 6) is 0.720. The van der Waals surface area contributed by atoms with Crippen molar-refractivity contribution in [3.63, 3.8) is 0 Å². The van der Waals surface area contributed by atoms with Crippen LogP contribution in [0, 0.1) is 27.3 Å². The molecule has 3 N–H and O–H groups in total. The summed E-state index contributed by atoms with van der Waals surface area (Å²) in [5, 5.41) is 3.05. The lowest BCUT2D eigenvalue weighted by Crippen LogP contribution is -2.21. The van der Waals surface area contributed by atoms with Gasteiger partial charge in [0.15, 0.2) is 0 Å². The van der Waals surface area contributed by atoms with Gasteiger partial charge in [0.05, 0.1) is 6.54 Å². The molecular formula is C14H17N2. The van der Waals surface area contributed by atoms with Crippen LogP contribution in [0.1, 0.15) is 22.3 Å². The summed E-state index contributed by atoms with van der Waals surface area (Å²) in [6.45, 7) is 8.21. The van der Waals surface area contributed by atoms with Crippen LogP contribution in [0.15, 0.2) is 30.1 Å². The molecule has 0 aliphatic carbocycles. The number of allylic oxidation sites excluding steroid dienone is 2. The molecule has 0 fully saturated rings. The molecule has 0 amide bonds. The van der Waals surface area contributed by atoms with Crippen LogP contribution in [-0.4, -0.2) is 0 Å². The molecule has 0 saturated heterocycles. The van der Waals surface area contributed by atoms with Crippen LogP contribution in [-0.2, 0) is 0 Å². The third kappa shape index (κ3) is 1.83. The lowest BCUT2D eigenvalue weighted by atomic mass is 9.92. The van der Waals surface area contributed by atoms with E-state index in [2.05, 4.69) is 44.3 Å². The first kappa shape index (κ1) is 10.8. The fourth-order valence-corrected chi connectivity index (χ4v) is 2.27. The second-order valence-electron chi connectivity index (χ2n) is 4.27.